The molecule has 21 heavy (non-hydrogen) atoms. The molecule has 1 aromatic carbocycles. The second-order valence-electron chi connectivity index (χ2n) is 4.81. The molecule has 5 nitrogen and oxygen atoms in total. The maximum atomic E-state index is 12.4. The molecule has 8 heteroatoms. The van der Waals surface area contributed by atoms with Crippen LogP contribution in [0.4, 0.5) is 5.13 Å². The Hall–Kier alpha value is -1.15. The van der Waals surface area contributed by atoms with Crippen molar-refractivity contribution in [2.45, 2.75) is 31.2 Å². The normalized spacial score (nSPS) is 11.9. The van der Waals surface area contributed by atoms with Crippen LogP contribution in [-0.2, 0) is 16.6 Å². The highest BCUT2D eigenvalue weighted by molar-refractivity contribution is 7.93. The largest absolute Gasteiger partial charge is 0.326 e. The van der Waals surface area contributed by atoms with Crippen molar-refractivity contribution in [1.29, 1.82) is 0 Å². The molecule has 0 spiro atoms. The number of hydrogen-bond donors (Lipinski definition) is 2. The quantitative estimate of drug-likeness (QED) is 0.871. The van der Waals surface area contributed by atoms with Crippen LogP contribution in [0.1, 0.15) is 31.0 Å². The molecule has 0 aliphatic rings. The van der Waals surface area contributed by atoms with E-state index in [1.165, 1.54) is 23.5 Å². The van der Waals surface area contributed by atoms with Crippen LogP contribution < -0.4 is 10.5 Å². The van der Waals surface area contributed by atoms with Gasteiger partial charge in [0.15, 0.2) is 5.13 Å². The van der Waals surface area contributed by atoms with E-state index in [2.05, 4.69) is 9.71 Å². The number of nitrogens with one attached hydrogen (secondary N) is 1. The molecule has 0 aliphatic heterocycles. The average Bonchev–Trinajstić information content (AvgIpc) is 2.87. The van der Waals surface area contributed by atoms with E-state index in [4.69, 9.17) is 17.3 Å². The van der Waals surface area contributed by atoms with E-state index >= 15 is 0 Å². The number of benzene rings is 1. The van der Waals surface area contributed by atoms with Crippen molar-refractivity contribution < 1.29 is 8.42 Å². The summed E-state index contributed by atoms with van der Waals surface area (Å²) in [4.78, 5) is 4.26. The van der Waals surface area contributed by atoms with Crippen LogP contribution in [0.5, 0.6) is 0 Å². The Morgan fingerprint density at radius 3 is 2.71 bits per heavy atom. The van der Waals surface area contributed by atoms with Gasteiger partial charge in [-0.2, -0.15) is 0 Å². The van der Waals surface area contributed by atoms with E-state index in [9.17, 15) is 8.42 Å². The maximum Gasteiger partial charge on any atom is 0.265 e. The fraction of sp³-hybridized carbons (Fsp3) is 0.308. The lowest BCUT2D eigenvalue weighted by atomic mass is 10.2. The van der Waals surface area contributed by atoms with Gasteiger partial charge in [-0.1, -0.05) is 31.5 Å². The Morgan fingerprint density at radius 2 is 2.14 bits per heavy atom. The SMILES string of the molecule is CC(C)c1csc(NS(=O)(=O)c2cc(CN)ccc2Cl)n1. The Balaban J connectivity index is 2.33. The molecule has 0 aliphatic carbocycles. The molecule has 0 atom stereocenters. The van der Waals surface area contributed by atoms with Gasteiger partial charge in [-0.25, -0.2) is 13.4 Å². The summed E-state index contributed by atoms with van der Waals surface area (Å²) in [7, 11) is -3.78. The molecule has 114 valence electrons. The Labute approximate surface area is 133 Å². The highest BCUT2D eigenvalue weighted by atomic mass is 35.5. The van der Waals surface area contributed by atoms with E-state index < -0.39 is 10.0 Å². The molecule has 0 amide bonds. The lowest BCUT2D eigenvalue weighted by Crippen LogP contribution is -2.14. The van der Waals surface area contributed by atoms with Crippen LogP contribution in [0.25, 0.3) is 0 Å². The predicted molar refractivity (Wildman–Crippen MR) is 86.4 cm³/mol. The van der Waals surface area contributed by atoms with E-state index in [0.29, 0.717) is 10.7 Å². The highest BCUT2D eigenvalue weighted by Gasteiger charge is 2.20. The minimum Gasteiger partial charge on any atom is -0.326 e. The Bertz CT molecular complexity index is 742. The summed E-state index contributed by atoms with van der Waals surface area (Å²) in [6.45, 7) is 4.23. The van der Waals surface area contributed by atoms with Gasteiger partial charge < -0.3 is 5.73 Å². The third-order valence-electron chi connectivity index (χ3n) is 2.86. The van der Waals surface area contributed by atoms with E-state index in [0.717, 1.165) is 5.69 Å². The van der Waals surface area contributed by atoms with Gasteiger partial charge in [0.1, 0.15) is 4.90 Å². The van der Waals surface area contributed by atoms with Crippen molar-refractivity contribution in [3.63, 3.8) is 0 Å². The summed E-state index contributed by atoms with van der Waals surface area (Å²) in [6.07, 6.45) is 0. The van der Waals surface area contributed by atoms with Crippen molar-refractivity contribution in [2.24, 2.45) is 5.73 Å². The zero-order valence-corrected chi connectivity index (χ0v) is 14.0. The number of thiazole rings is 1. The van der Waals surface area contributed by atoms with Gasteiger partial charge in [0, 0.05) is 11.9 Å². The van der Waals surface area contributed by atoms with E-state index in [-0.39, 0.29) is 22.4 Å². The van der Waals surface area contributed by atoms with Crippen LogP contribution in [0.15, 0.2) is 28.5 Å². The van der Waals surface area contributed by atoms with E-state index in [1.807, 2.05) is 19.2 Å². The first kappa shape index (κ1) is 16.2. The Morgan fingerprint density at radius 1 is 1.43 bits per heavy atom. The molecule has 2 aromatic rings. The van der Waals surface area contributed by atoms with Crippen LogP contribution >= 0.6 is 22.9 Å². The number of hydrogen-bond acceptors (Lipinski definition) is 5. The van der Waals surface area contributed by atoms with Crippen molar-refractivity contribution in [3.8, 4) is 0 Å². The van der Waals surface area contributed by atoms with Crippen molar-refractivity contribution >= 4 is 38.1 Å². The first-order valence-electron chi connectivity index (χ1n) is 6.30. The lowest BCUT2D eigenvalue weighted by molar-refractivity contribution is 0.601. The van der Waals surface area contributed by atoms with Crippen LogP contribution in [0.3, 0.4) is 0 Å². The molecule has 3 N–H and O–H groups in total. The molecular weight excluding hydrogens is 330 g/mol. The zero-order valence-electron chi connectivity index (χ0n) is 11.6. The molecule has 2 rings (SSSR count). The van der Waals surface area contributed by atoms with Gasteiger partial charge in [-0.15, -0.1) is 11.3 Å². The molecule has 0 bridgehead atoms. The van der Waals surface area contributed by atoms with Gasteiger partial charge >= 0.3 is 0 Å². The number of nitrogens with zero attached hydrogens (tertiary/aromatic N) is 1. The van der Waals surface area contributed by atoms with Crippen LogP contribution in [0, 0.1) is 0 Å². The average molecular weight is 346 g/mol. The number of anilines is 1. The highest BCUT2D eigenvalue weighted by Crippen LogP contribution is 2.27. The summed E-state index contributed by atoms with van der Waals surface area (Å²) in [5.41, 5.74) is 7.08. The molecule has 1 heterocycles. The third kappa shape index (κ3) is 3.74. The third-order valence-corrected chi connectivity index (χ3v) is 5.58. The molecule has 0 saturated carbocycles. The first-order valence-corrected chi connectivity index (χ1v) is 9.04. The minimum absolute atomic E-state index is 0.00779. The second-order valence-corrected chi connectivity index (χ2v) is 7.72. The van der Waals surface area contributed by atoms with Crippen LogP contribution in [-0.4, -0.2) is 13.4 Å². The van der Waals surface area contributed by atoms with Crippen molar-refractivity contribution in [2.75, 3.05) is 4.72 Å². The molecule has 0 saturated heterocycles. The molecular formula is C13H16ClN3O2S2. The Kier molecular flexibility index (Phi) is 4.88. The van der Waals surface area contributed by atoms with Crippen LogP contribution in [0.2, 0.25) is 5.02 Å². The van der Waals surface area contributed by atoms with E-state index in [1.54, 1.807) is 6.07 Å². The van der Waals surface area contributed by atoms with Gasteiger partial charge in [-0.05, 0) is 23.6 Å². The number of sulfonamides is 1. The molecule has 1 aromatic heterocycles. The van der Waals surface area contributed by atoms with Gasteiger partial charge in [0.25, 0.3) is 10.0 Å². The molecule has 0 fully saturated rings. The van der Waals surface area contributed by atoms with Gasteiger partial charge in [-0.3, -0.25) is 4.72 Å². The van der Waals surface area contributed by atoms with Crippen molar-refractivity contribution in [3.05, 3.63) is 39.9 Å². The second kappa shape index (κ2) is 6.31. The zero-order chi connectivity index (χ0) is 15.6. The topological polar surface area (TPSA) is 85.1 Å². The smallest absolute Gasteiger partial charge is 0.265 e. The monoisotopic (exact) mass is 345 g/mol. The summed E-state index contributed by atoms with van der Waals surface area (Å²) in [5, 5.41) is 2.31. The maximum absolute atomic E-state index is 12.4. The standard InChI is InChI=1S/C13H16ClN3O2S2/c1-8(2)11-7-20-13(16-11)17-21(18,19)12-5-9(6-15)3-4-10(12)14/h3-5,7-8H,6,15H2,1-2H3,(H,16,17). The molecule has 0 unspecified atom stereocenters. The number of halogens is 1. The number of aromatic nitrogens is 1. The number of nitrogens with two attached hydrogens (primary N) is 1. The summed E-state index contributed by atoms with van der Waals surface area (Å²) >= 11 is 7.23. The molecule has 0 radical (unpaired) electrons. The number of rotatable bonds is 5. The van der Waals surface area contributed by atoms with Gasteiger partial charge in [0.05, 0.1) is 10.7 Å². The van der Waals surface area contributed by atoms with Crippen molar-refractivity contribution in [1.82, 2.24) is 4.98 Å². The fourth-order valence-corrected chi connectivity index (χ4v) is 4.32. The summed E-state index contributed by atoms with van der Waals surface area (Å²) in [5.74, 6) is 0.240. The van der Waals surface area contributed by atoms with Gasteiger partial charge in [0.2, 0.25) is 0 Å². The predicted octanol–water partition coefficient (Wildman–Crippen LogP) is 3.18. The fourth-order valence-electron chi connectivity index (χ4n) is 1.65. The first-order chi connectivity index (χ1) is 9.83. The minimum atomic E-state index is -3.78. The summed E-state index contributed by atoms with van der Waals surface area (Å²) < 4.78 is 27.3. The summed E-state index contributed by atoms with van der Waals surface area (Å²) in [6, 6.07) is 4.70. The lowest BCUT2D eigenvalue weighted by Gasteiger charge is -2.08.